The van der Waals surface area contributed by atoms with Gasteiger partial charge in [0, 0.05) is 12.1 Å². The van der Waals surface area contributed by atoms with Crippen LogP contribution >= 0.6 is 0 Å². The Hall–Kier alpha value is -2.14. The minimum atomic E-state index is -0.948. The monoisotopic (exact) mass is 231 g/mol. The highest BCUT2D eigenvalue weighted by molar-refractivity contribution is 5.76. The van der Waals surface area contributed by atoms with Crippen LogP contribution in [0.4, 0.5) is 0 Å². The van der Waals surface area contributed by atoms with Gasteiger partial charge in [0.2, 0.25) is 0 Å². The number of carbonyl (C=O) groups is 1. The summed E-state index contributed by atoms with van der Waals surface area (Å²) in [5.41, 5.74) is 7.62. The first-order valence-corrected chi connectivity index (χ1v) is 5.26. The molecule has 0 spiro atoms. The Kier molecular flexibility index (Phi) is 3.20. The summed E-state index contributed by atoms with van der Waals surface area (Å²) in [6.07, 6.45) is 0. The van der Waals surface area contributed by atoms with E-state index in [-0.39, 0.29) is 6.54 Å². The topological polar surface area (TPSA) is 92.0 Å². The number of nitrogens with zero attached hydrogens (tertiary/aromatic N) is 1. The second-order valence-corrected chi connectivity index (χ2v) is 3.70. The fourth-order valence-corrected chi connectivity index (χ4v) is 1.63. The van der Waals surface area contributed by atoms with Gasteiger partial charge in [-0.05, 0) is 6.07 Å². The lowest BCUT2D eigenvalue weighted by Gasteiger charge is -2.05. The molecule has 0 radical (unpaired) electrons. The molecule has 0 aliphatic rings. The number of carboxylic acids is 1. The standard InChI is InChI=1S/C12H13N3O2/c13-7-9(12(16)17)11-6-10(14-15-11)8-4-2-1-3-5-8/h1-6,9H,7,13H2,(H,14,15)(H,16,17). The van der Waals surface area contributed by atoms with E-state index in [1.165, 1.54) is 0 Å². The molecule has 1 atom stereocenters. The van der Waals surface area contributed by atoms with Crippen molar-refractivity contribution >= 4 is 5.97 Å². The number of aliphatic carboxylic acids is 1. The molecule has 0 saturated carbocycles. The molecule has 0 aliphatic carbocycles. The van der Waals surface area contributed by atoms with Gasteiger partial charge in [0.15, 0.2) is 0 Å². The molecule has 2 rings (SSSR count). The number of carboxylic acid groups (broad SMARTS) is 1. The third-order valence-electron chi connectivity index (χ3n) is 2.58. The molecule has 0 aliphatic heterocycles. The van der Waals surface area contributed by atoms with Crippen LogP contribution in [0.1, 0.15) is 11.6 Å². The van der Waals surface area contributed by atoms with Crippen LogP contribution in [-0.4, -0.2) is 27.8 Å². The average molecular weight is 231 g/mol. The molecule has 2 aromatic rings. The van der Waals surface area contributed by atoms with Crippen LogP contribution in [-0.2, 0) is 4.79 Å². The van der Waals surface area contributed by atoms with Crippen LogP contribution in [0.5, 0.6) is 0 Å². The first kappa shape index (κ1) is 11.3. The Morgan fingerprint density at radius 2 is 2.12 bits per heavy atom. The average Bonchev–Trinajstić information content (AvgIpc) is 2.80. The summed E-state index contributed by atoms with van der Waals surface area (Å²) in [5, 5.41) is 15.8. The number of hydrogen-bond donors (Lipinski definition) is 3. The molecule has 4 N–H and O–H groups in total. The number of hydrogen-bond acceptors (Lipinski definition) is 3. The van der Waals surface area contributed by atoms with E-state index in [1.54, 1.807) is 6.07 Å². The molecule has 0 amide bonds. The maximum Gasteiger partial charge on any atom is 0.313 e. The van der Waals surface area contributed by atoms with E-state index in [4.69, 9.17) is 10.8 Å². The second-order valence-electron chi connectivity index (χ2n) is 3.70. The van der Waals surface area contributed by atoms with Gasteiger partial charge in [0.05, 0.1) is 11.4 Å². The molecular formula is C12H13N3O2. The molecule has 1 unspecified atom stereocenters. The van der Waals surface area contributed by atoms with Gasteiger partial charge in [-0.15, -0.1) is 0 Å². The maximum absolute atomic E-state index is 10.9. The van der Waals surface area contributed by atoms with Gasteiger partial charge in [0.1, 0.15) is 5.92 Å². The third kappa shape index (κ3) is 2.34. The minimum Gasteiger partial charge on any atom is -0.481 e. The van der Waals surface area contributed by atoms with Crippen LogP contribution in [0.3, 0.4) is 0 Å². The van der Waals surface area contributed by atoms with Gasteiger partial charge >= 0.3 is 5.97 Å². The molecule has 1 heterocycles. The van der Waals surface area contributed by atoms with Crippen LogP contribution in [0, 0.1) is 0 Å². The predicted octanol–water partition coefficient (Wildman–Crippen LogP) is 1.20. The molecule has 0 fully saturated rings. The fraction of sp³-hybridized carbons (Fsp3) is 0.167. The zero-order valence-electron chi connectivity index (χ0n) is 9.13. The first-order valence-electron chi connectivity index (χ1n) is 5.26. The van der Waals surface area contributed by atoms with Crippen molar-refractivity contribution in [3.63, 3.8) is 0 Å². The van der Waals surface area contributed by atoms with Crippen molar-refractivity contribution < 1.29 is 9.90 Å². The summed E-state index contributed by atoms with van der Waals surface area (Å²) in [7, 11) is 0. The van der Waals surface area contributed by atoms with Gasteiger partial charge in [0.25, 0.3) is 0 Å². The van der Waals surface area contributed by atoms with E-state index in [2.05, 4.69) is 10.2 Å². The van der Waals surface area contributed by atoms with Gasteiger partial charge in [-0.1, -0.05) is 30.3 Å². The van der Waals surface area contributed by atoms with Crippen LogP contribution in [0.15, 0.2) is 36.4 Å². The first-order chi connectivity index (χ1) is 8.22. The van der Waals surface area contributed by atoms with Crippen LogP contribution in [0.2, 0.25) is 0 Å². The van der Waals surface area contributed by atoms with E-state index in [0.717, 1.165) is 11.3 Å². The molecule has 88 valence electrons. The Morgan fingerprint density at radius 1 is 1.41 bits per heavy atom. The normalized spacial score (nSPS) is 12.3. The molecule has 1 aromatic heterocycles. The number of aromatic amines is 1. The Morgan fingerprint density at radius 3 is 2.71 bits per heavy atom. The quantitative estimate of drug-likeness (QED) is 0.737. The Bertz CT molecular complexity index is 507. The Balaban J connectivity index is 2.30. The van der Waals surface area contributed by atoms with Gasteiger partial charge < -0.3 is 10.8 Å². The summed E-state index contributed by atoms with van der Waals surface area (Å²) in [4.78, 5) is 10.9. The summed E-state index contributed by atoms with van der Waals surface area (Å²) < 4.78 is 0. The second kappa shape index (κ2) is 4.80. The zero-order chi connectivity index (χ0) is 12.3. The van der Waals surface area contributed by atoms with Crippen molar-refractivity contribution in [2.24, 2.45) is 5.73 Å². The van der Waals surface area contributed by atoms with E-state index in [0.29, 0.717) is 5.69 Å². The number of aromatic nitrogens is 2. The van der Waals surface area contributed by atoms with Crippen molar-refractivity contribution in [3.05, 3.63) is 42.1 Å². The van der Waals surface area contributed by atoms with E-state index >= 15 is 0 Å². The van der Waals surface area contributed by atoms with Crippen molar-refractivity contribution in [1.82, 2.24) is 10.2 Å². The lowest BCUT2D eigenvalue weighted by molar-refractivity contribution is -0.138. The zero-order valence-corrected chi connectivity index (χ0v) is 9.13. The van der Waals surface area contributed by atoms with Crippen molar-refractivity contribution in [3.8, 4) is 11.3 Å². The molecule has 5 heteroatoms. The molecule has 0 bridgehead atoms. The minimum absolute atomic E-state index is 0.0474. The fourth-order valence-electron chi connectivity index (χ4n) is 1.63. The highest BCUT2D eigenvalue weighted by Crippen LogP contribution is 2.20. The highest BCUT2D eigenvalue weighted by atomic mass is 16.4. The van der Waals surface area contributed by atoms with E-state index < -0.39 is 11.9 Å². The van der Waals surface area contributed by atoms with Crippen molar-refractivity contribution in [2.45, 2.75) is 5.92 Å². The van der Waals surface area contributed by atoms with Crippen LogP contribution < -0.4 is 5.73 Å². The molecule has 17 heavy (non-hydrogen) atoms. The van der Waals surface area contributed by atoms with Crippen LogP contribution in [0.25, 0.3) is 11.3 Å². The largest absolute Gasteiger partial charge is 0.481 e. The molecular weight excluding hydrogens is 218 g/mol. The number of nitrogens with one attached hydrogen (secondary N) is 1. The summed E-state index contributed by atoms with van der Waals surface area (Å²) in [5.74, 6) is -1.68. The summed E-state index contributed by atoms with van der Waals surface area (Å²) >= 11 is 0. The molecule has 0 saturated heterocycles. The van der Waals surface area contributed by atoms with E-state index in [1.807, 2.05) is 30.3 Å². The predicted molar refractivity (Wildman–Crippen MR) is 63.5 cm³/mol. The summed E-state index contributed by atoms with van der Waals surface area (Å²) in [6.45, 7) is 0.0474. The number of nitrogens with two attached hydrogens (primary N) is 1. The maximum atomic E-state index is 10.9. The van der Waals surface area contributed by atoms with Gasteiger partial charge in [-0.2, -0.15) is 5.10 Å². The molecule has 5 nitrogen and oxygen atoms in total. The SMILES string of the molecule is NCC(C(=O)O)c1cc(-c2ccccc2)n[nH]1. The van der Waals surface area contributed by atoms with Gasteiger partial charge in [-0.25, -0.2) is 0 Å². The number of rotatable bonds is 4. The number of H-pyrrole nitrogens is 1. The third-order valence-corrected chi connectivity index (χ3v) is 2.58. The Labute approximate surface area is 98.3 Å². The van der Waals surface area contributed by atoms with Gasteiger partial charge in [-0.3, -0.25) is 9.89 Å². The number of benzene rings is 1. The van der Waals surface area contributed by atoms with Crippen molar-refractivity contribution in [2.75, 3.05) is 6.54 Å². The smallest absolute Gasteiger partial charge is 0.313 e. The highest BCUT2D eigenvalue weighted by Gasteiger charge is 2.20. The van der Waals surface area contributed by atoms with Crippen molar-refractivity contribution in [1.29, 1.82) is 0 Å². The summed E-state index contributed by atoms with van der Waals surface area (Å²) in [6, 6.07) is 11.3. The molecule has 1 aromatic carbocycles. The van der Waals surface area contributed by atoms with E-state index in [9.17, 15) is 4.79 Å². The lowest BCUT2D eigenvalue weighted by atomic mass is 10.0. The lowest BCUT2D eigenvalue weighted by Crippen LogP contribution is -2.21.